The van der Waals surface area contributed by atoms with E-state index in [9.17, 15) is 13.2 Å². The Morgan fingerprint density at radius 2 is 1.84 bits per heavy atom. The zero-order valence-electron chi connectivity index (χ0n) is 18.4. The predicted octanol–water partition coefficient (Wildman–Crippen LogP) is 3.29. The van der Waals surface area contributed by atoms with Gasteiger partial charge in [-0.25, -0.2) is 8.42 Å². The summed E-state index contributed by atoms with van der Waals surface area (Å²) >= 11 is 0. The maximum atomic E-state index is 13.2. The Balaban J connectivity index is 1.68. The van der Waals surface area contributed by atoms with Gasteiger partial charge < -0.3 is 14.8 Å². The lowest BCUT2D eigenvalue weighted by Crippen LogP contribution is -2.45. The molecule has 168 valence electrons. The first-order valence-corrected chi connectivity index (χ1v) is 11.8. The second-order valence-electron chi connectivity index (χ2n) is 7.84. The molecule has 0 unspecified atom stereocenters. The van der Waals surface area contributed by atoms with E-state index >= 15 is 0 Å². The van der Waals surface area contributed by atoms with Crippen molar-refractivity contribution >= 4 is 15.9 Å². The maximum Gasteiger partial charge on any atom is 0.243 e. The quantitative estimate of drug-likeness (QED) is 0.706. The van der Waals surface area contributed by atoms with Gasteiger partial charge in [0.2, 0.25) is 15.9 Å². The minimum Gasteiger partial charge on any atom is -0.497 e. The van der Waals surface area contributed by atoms with Gasteiger partial charge in [-0.1, -0.05) is 12.1 Å². The molecule has 1 fully saturated rings. The summed E-state index contributed by atoms with van der Waals surface area (Å²) in [5.41, 5.74) is 1.71. The van der Waals surface area contributed by atoms with Gasteiger partial charge in [0, 0.05) is 13.1 Å². The highest BCUT2D eigenvalue weighted by Crippen LogP contribution is 2.28. The zero-order chi connectivity index (χ0) is 22.6. The topological polar surface area (TPSA) is 84.9 Å². The van der Waals surface area contributed by atoms with Gasteiger partial charge in [0.1, 0.15) is 11.5 Å². The molecule has 1 N–H and O–H groups in total. The minimum absolute atomic E-state index is 0.130. The minimum atomic E-state index is -3.68. The number of aryl methyl sites for hydroxylation is 1. The molecule has 2 atom stereocenters. The summed E-state index contributed by atoms with van der Waals surface area (Å²) in [6.45, 7) is 4.31. The summed E-state index contributed by atoms with van der Waals surface area (Å²) < 4.78 is 38.1. The molecule has 8 heteroatoms. The Bertz CT molecular complexity index is 1020. The molecule has 0 saturated carbocycles. The molecule has 0 aromatic heterocycles. The van der Waals surface area contributed by atoms with Crippen molar-refractivity contribution in [3.05, 3.63) is 53.6 Å². The highest BCUT2D eigenvalue weighted by atomic mass is 32.2. The number of hydrogen-bond acceptors (Lipinski definition) is 5. The lowest BCUT2D eigenvalue weighted by atomic mass is 9.98. The van der Waals surface area contributed by atoms with Crippen LogP contribution in [0.3, 0.4) is 0 Å². The summed E-state index contributed by atoms with van der Waals surface area (Å²) in [4.78, 5) is 13.1. The third kappa shape index (κ3) is 5.19. The van der Waals surface area contributed by atoms with Crippen molar-refractivity contribution in [2.24, 2.45) is 5.92 Å². The Kier molecular flexibility index (Phi) is 7.23. The third-order valence-corrected chi connectivity index (χ3v) is 7.59. The third-order valence-electron chi connectivity index (χ3n) is 5.73. The average Bonchev–Trinajstić information content (AvgIpc) is 2.79. The number of carbonyl (C=O) groups is 1. The second-order valence-corrected chi connectivity index (χ2v) is 9.78. The molecule has 0 radical (unpaired) electrons. The van der Waals surface area contributed by atoms with Crippen LogP contribution in [0.1, 0.15) is 36.9 Å². The fourth-order valence-corrected chi connectivity index (χ4v) is 5.45. The molecule has 1 amide bonds. The molecule has 0 spiro atoms. The number of nitrogens with one attached hydrogen (secondary N) is 1. The number of carbonyl (C=O) groups excluding carboxylic acids is 1. The SMILES string of the molecule is COc1ccc([C@@H](C)NC(=O)[C@@H]2CCCN(S(=O)(=O)c3ccc(OC)c(C)c3)C2)cc1. The molecule has 1 saturated heterocycles. The van der Waals surface area contributed by atoms with Crippen LogP contribution in [0, 0.1) is 12.8 Å². The largest absolute Gasteiger partial charge is 0.497 e. The standard InChI is InChI=1S/C23H30N2O5S/c1-16-14-21(11-12-22(16)30-4)31(27,28)25-13-5-6-19(15-25)23(26)24-17(2)18-7-9-20(29-3)10-8-18/h7-12,14,17,19H,5-6,13,15H2,1-4H3,(H,24,26)/t17-,19-/m1/s1. The van der Waals surface area contributed by atoms with E-state index in [0.29, 0.717) is 25.1 Å². The van der Waals surface area contributed by atoms with Crippen molar-refractivity contribution < 1.29 is 22.7 Å². The second kappa shape index (κ2) is 9.70. The molecule has 31 heavy (non-hydrogen) atoms. The molecular weight excluding hydrogens is 416 g/mol. The number of amides is 1. The first-order valence-electron chi connectivity index (χ1n) is 10.4. The molecule has 2 aromatic carbocycles. The number of methoxy groups -OCH3 is 2. The van der Waals surface area contributed by atoms with E-state index in [2.05, 4.69) is 5.32 Å². The van der Waals surface area contributed by atoms with E-state index in [-0.39, 0.29) is 29.3 Å². The van der Waals surface area contributed by atoms with Crippen LogP contribution in [0.5, 0.6) is 11.5 Å². The van der Waals surface area contributed by atoms with Crippen LogP contribution in [-0.4, -0.2) is 45.9 Å². The van der Waals surface area contributed by atoms with Crippen LogP contribution >= 0.6 is 0 Å². The number of sulfonamides is 1. The Morgan fingerprint density at radius 3 is 2.45 bits per heavy atom. The summed E-state index contributed by atoms with van der Waals surface area (Å²) in [5.74, 6) is 0.879. The Morgan fingerprint density at radius 1 is 1.13 bits per heavy atom. The zero-order valence-corrected chi connectivity index (χ0v) is 19.2. The first kappa shape index (κ1) is 23.1. The Labute approximate surface area is 184 Å². The molecule has 0 bridgehead atoms. The van der Waals surface area contributed by atoms with E-state index in [1.807, 2.05) is 38.1 Å². The maximum absolute atomic E-state index is 13.2. The van der Waals surface area contributed by atoms with Gasteiger partial charge in [-0.2, -0.15) is 4.31 Å². The number of hydrogen-bond donors (Lipinski definition) is 1. The number of nitrogens with zero attached hydrogens (tertiary/aromatic N) is 1. The van der Waals surface area contributed by atoms with Crippen molar-refractivity contribution in [2.45, 2.75) is 37.6 Å². The summed E-state index contributed by atoms with van der Waals surface area (Å²) in [6.07, 6.45) is 1.30. The van der Waals surface area contributed by atoms with Crippen LogP contribution in [-0.2, 0) is 14.8 Å². The average molecular weight is 447 g/mol. The van der Waals surface area contributed by atoms with Gasteiger partial charge in [0.15, 0.2) is 0 Å². The molecule has 1 aliphatic rings. The van der Waals surface area contributed by atoms with E-state index < -0.39 is 10.0 Å². The number of ether oxygens (including phenoxy) is 2. The van der Waals surface area contributed by atoms with Gasteiger partial charge in [0.25, 0.3) is 0 Å². The lowest BCUT2D eigenvalue weighted by molar-refractivity contribution is -0.126. The number of rotatable bonds is 7. The molecule has 2 aromatic rings. The summed E-state index contributed by atoms with van der Waals surface area (Å²) in [6, 6.07) is 12.2. The fourth-order valence-electron chi connectivity index (χ4n) is 3.84. The van der Waals surface area contributed by atoms with Crippen LogP contribution in [0.25, 0.3) is 0 Å². The fraction of sp³-hybridized carbons (Fsp3) is 0.435. The normalized spacial score (nSPS) is 18.3. The lowest BCUT2D eigenvalue weighted by Gasteiger charge is -2.32. The van der Waals surface area contributed by atoms with Crippen LogP contribution < -0.4 is 14.8 Å². The molecule has 1 heterocycles. The smallest absolute Gasteiger partial charge is 0.243 e. The van der Waals surface area contributed by atoms with Crippen molar-refractivity contribution in [1.82, 2.24) is 9.62 Å². The summed E-state index contributed by atoms with van der Waals surface area (Å²) in [7, 11) is -0.520. The van der Waals surface area contributed by atoms with Crippen molar-refractivity contribution in [1.29, 1.82) is 0 Å². The molecule has 1 aliphatic heterocycles. The van der Waals surface area contributed by atoms with Gasteiger partial charge in [-0.05, 0) is 68.1 Å². The number of benzene rings is 2. The van der Waals surface area contributed by atoms with Crippen LogP contribution in [0.2, 0.25) is 0 Å². The van der Waals surface area contributed by atoms with Crippen molar-refractivity contribution in [3.63, 3.8) is 0 Å². The summed E-state index contributed by atoms with van der Waals surface area (Å²) in [5, 5.41) is 3.02. The monoisotopic (exact) mass is 446 g/mol. The predicted molar refractivity (Wildman–Crippen MR) is 119 cm³/mol. The van der Waals surface area contributed by atoms with Crippen molar-refractivity contribution in [2.75, 3.05) is 27.3 Å². The van der Waals surface area contributed by atoms with Crippen LogP contribution in [0.15, 0.2) is 47.4 Å². The Hall–Kier alpha value is -2.58. The molecular formula is C23H30N2O5S. The van der Waals surface area contributed by atoms with E-state index in [4.69, 9.17) is 9.47 Å². The molecule has 0 aliphatic carbocycles. The molecule has 7 nitrogen and oxygen atoms in total. The van der Waals surface area contributed by atoms with Crippen LogP contribution in [0.4, 0.5) is 0 Å². The van der Waals surface area contributed by atoms with E-state index in [1.54, 1.807) is 32.4 Å². The number of piperidine rings is 1. The van der Waals surface area contributed by atoms with Crippen molar-refractivity contribution in [3.8, 4) is 11.5 Å². The van der Waals surface area contributed by atoms with Gasteiger partial charge >= 0.3 is 0 Å². The van der Waals surface area contributed by atoms with Gasteiger partial charge in [0.05, 0.1) is 31.1 Å². The molecule has 3 rings (SSSR count). The first-order chi connectivity index (χ1) is 14.8. The highest BCUT2D eigenvalue weighted by molar-refractivity contribution is 7.89. The van der Waals surface area contributed by atoms with Gasteiger partial charge in [-0.3, -0.25) is 4.79 Å². The highest BCUT2D eigenvalue weighted by Gasteiger charge is 2.34. The van der Waals surface area contributed by atoms with E-state index in [0.717, 1.165) is 16.9 Å². The van der Waals surface area contributed by atoms with E-state index in [1.165, 1.54) is 4.31 Å². The van der Waals surface area contributed by atoms with Gasteiger partial charge in [-0.15, -0.1) is 0 Å².